The van der Waals surface area contributed by atoms with Crippen LogP contribution in [0.4, 0.5) is 18.9 Å². The van der Waals surface area contributed by atoms with Gasteiger partial charge in [-0.25, -0.2) is 0 Å². The molecule has 21 heavy (non-hydrogen) atoms. The number of carbonyl (C=O) groups excluding carboxylic acids is 1. The summed E-state index contributed by atoms with van der Waals surface area (Å²) in [6, 6.07) is 3.71. The summed E-state index contributed by atoms with van der Waals surface area (Å²) in [5.74, 6) is -0.407. The summed E-state index contributed by atoms with van der Waals surface area (Å²) in [5.41, 5.74) is -1.83. The lowest BCUT2D eigenvalue weighted by Crippen LogP contribution is -2.50. The topological polar surface area (TPSA) is 41.1 Å². The summed E-state index contributed by atoms with van der Waals surface area (Å²) < 4.78 is 39.5. The van der Waals surface area contributed by atoms with Gasteiger partial charge in [0.1, 0.15) is 0 Å². The van der Waals surface area contributed by atoms with Crippen LogP contribution in [0.5, 0.6) is 0 Å². The zero-order chi connectivity index (χ0) is 15.7. The Bertz CT molecular complexity index is 540. The summed E-state index contributed by atoms with van der Waals surface area (Å²) in [4.78, 5) is 12.4. The molecule has 0 bridgehead atoms. The first-order valence-electron chi connectivity index (χ1n) is 6.72. The van der Waals surface area contributed by atoms with E-state index in [-0.39, 0.29) is 5.69 Å². The molecule has 2 rings (SSSR count). The lowest BCUT2D eigenvalue weighted by Gasteiger charge is -2.27. The number of anilines is 1. The zero-order valence-corrected chi connectivity index (χ0v) is 13.1. The molecule has 1 aromatic rings. The van der Waals surface area contributed by atoms with Gasteiger partial charge in [-0.1, -0.05) is 22.9 Å². The van der Waals surface area contributed by atoms with E-state index >= 15 is 0 Å². The Hall–Kier alpha value is -1.08. The largest absolute Gasteiger partial charge is 0.418 e. The Kier molecular flexibility index (Phi) is 4.63. The second kappa shape index (κ2) is 5.96. The van der Waals surface area contributed by atoms with Crippen LogP contribution in [0.2, 0.25) is 0 Å². The van der Waals surface area contributed by atoms with Crippen LogP contribution in [0.3, 0.4) is 0 Å². The summed E-state index contributed by atoms with van der Waals surface area (Å²) in [7, 11) is 0. The maximum atomic E-state index is 13.0. The molecule has 0 saturated carbocycles. The third-order valence-corrected chi connectivity index (χ3v) is 4.31. The SMILES string of the molecule is CCC1(C(=O)Nc2ccc(Br)cc2C(F)(F)F)CCCN1. The van der Waals surface area contributed by atoms with Crippen molar-refractivity contribution in [3.8, 4) is 0 Å². The highest BCUT2D eigenvalue weighted by molar-refractivity contribution is 9.10. The lowest BCUT2D eigenvalue weighted by molar-refractivity contribution is -0.137. The van der Waals surface area contributed by atoms with Crippen molar-refractivity contribution in [1.29, 1.82) is 0 Å². The van der Waals surface area contributed by atoms with Crippen molar-refractivity contribution < 1.29 is 18.0 Å². The third-order valence-electron chi connectivity index (χ3n) is 3.82. The van der Waals surface area contributed by atoms with Crippen molar-refractivity contribution in [2.75, 3.05) is 11.9 Å². The quantitative estimate of drug-likeness (QED) is 0.852. The van der Waals surface area contributed by atoms with Crippen molar-refractivity contribution in [2.45, 2.75) is 37.9 Å². The van der Waals surface area contributed by atoms with Gasteiger partial charge < -0.3 is 10.6 Å². The fourth-order valence-electron chi connectivity index (χ4n) is 2.56. The Balaban J connectivity index is 2.29. The second-order valence-electron chi connectivity index (χ2n) is 5.11. The molecule has 1 atom stereocenters. The molecule has 1 fully saturated rings. The molecule has 1 aliphatic heterocycles. The third kappa shape index (κ3) is 3.40. The first-order valence-corrected chi connectivity index (χ1v) is 7.51. The predicted molar refractivity (Wildman–Crippen MR) is 78.0 cm³/mol. The maximum absolute atomic E-state index is 13.0. The van der Waals surface area contributed by atoms with Crippen molar-refractivity contribution in [3.05, 3.63) is 28.2 Å². The molecule has 7 heteroatoms. The van der Waals surface area contributed by atoms with Gasteiger partial charge >= 0.3 is 6.18 Å². The molecule has 2 N–H and O–H groups in total. The highest BCUT2D eigenvalue weighted by Gasteiger charge is 2.40. The van der Waals surface area contributed by atoms with Crippen LogP contribution < -0.4 is 10.6 Å². The molecule has 0 spiro atoms. The van der Waals surface area contributed by atoms with Crippen LogP contribution >= 0.6 is 15.9 Å². The Morgan fingerprint density at radius 1 is 1.48 bits per heavy atom. The van der Waals surface area contributed by atoms with Crippen LogP contribution in [0.15, 0.2) is 22.7 Å². The summed E-state index contributed by atoms with van der Waals surface area (Å²) in [5, 5.41) is 5.54. The van der Waals surface area contributed by atoms with E-state index in [9.17, 15) is 18.0 Å². The van der Waals surface area contributed by atoms with Crippen LogP contribution in [0.25, 0.3) is 0 Å². The van der Waals surface area contributed by atoms with E-state index in [1.165, 1.54) is 12.1 Å². The lowest BCUT2D eigenvalue weighted by atomic mass is 9.93. The molecule has 1 heterocycles. The van der Waals surface area contributed by atoms with Crippen LogP contribution in [-0.2, 0) is 11.0 Å². The number of rotatable bonds is 3. The fraction of sp³-hybridized carbons (Fsp3) is 0.500. The Labute approximate surface area is 129 Å². The second-order valence-corrected chi connectivity index (χ2v) is 6.02. The van der Waals surface area contributed by atoms with Crippen molar-refractivity contribution in [1.82, 2.24) is 5.32 Å². The Morgan fingerprint density at radius 2 is 2.19 bits per heavy atom. The number of halogens is 4. The van der Waals surface area contributed by atoms with E-state index in [4.69, 9.17) is 0 Å². The van der Waals surface area contributed by atoms with Gasteiger partial charge in [-0.2, -0.15) is 13.2 Å². The molecule has 3 nitrogen and oxygen atoms in total. The van der Waals surface area contributed by atoms with Crippen LogP contribution in [0.1, 0.15) is 31.7 Å². The summed E-state index contributed by atoms with van der Waals surface area (Å²) in [6.07, 6.45) is -2.51. The standard InChI is InChI=1S/C14H16BrF3N2O/c1-2-13(6-3-7-19-13)12(21)20-11-5-4-9(15)8-10(11)14(16,17)18/h4-5,8,19H,2-3,6-7H2,1H3,(H,20,21). The minimum Gasteiger partial charge on any atom is -0.324 e. The number of benzene rings is 1. The van der Waals surface area contributed by atoms with E-state index in [2.05, 4.69) is 26.6 Å². The van der Waals surface area contributed by atoms with E-state index in [0.29, 0.717) is 23.9 Å². The van der Waals surface area contributed by atoms with Crippen LogP contribution in [-0.4, -0.2) is 18.0 Å². The number of hydrogen-bond acceptors (Lipinski definition) is 2. The summed E-state index contributed by atoms with van der Waals surface area (Å²) in [6.45, 7) is 2.55. The molecule has 1 unspecified atom stereocenters. The summed E-state index contributed by atoms with van der Waals surface area (Å²) >= 11 is 3.02. The number of hydrogen-bond donors (Lipinski definition) is 2. The molecule has 1 amide bonds. The number of nitrogens with one attached hydrogen (secondary N) is 2. The molecule has 0 aromatic heterocycles. The minimum atomic E-state index is -4.52. The maximum Gasteiger partial charge on any atom is 0.418 e. The highest BCUT2D eigenvalue weighted by Crippen LogP contribution is 2.37. The highest BCUT2D eigenvalue weighted by atomic mass is 79.9. The number of carbonyl (C=O) groups is 1. The van der Waals surface area contributed by atoms with Gasteiger partial charge in [0.25, 0.3) is 0 Å². The number of alkyl halides is 3. The first kappa shape index (κ1) is 16.3. The average Bonchev–Trinajstić information content (AvgIpc) is 2.89. The number of amides is 1. The van der Waals surface area contributed by atoms with E-state index in [0.717, 1.165) is 12.5 Å². The van der Waals surface area contributed by atoms with Crippen molar-refractivity contribution in [2.24, 2.45) is 0 Å². The normalized spacial score (nSPS) is 22.3. The fourth-order valence-corrected chi connectivity index (χ4v) is 2.93. The molecule has 1 aliphatic rings. The van der Waals surface area contributed by atoms with Gasteiger partial charge in [-0.05, 0) is 44.0 Å². The first-order chi connectivity index (χ1) is 9.78. The van der Waals surface area contributed by atoms with Gasteiger partial charge in [-0.15, -0.1) is 0 Å². The van der Waals surface area contributed by atoms with E-state index in [1.54, 1.807) is 0 Å². The van der Waals surface area contributed by atoms with E-state index in [1.807, 2.05) is 6.92 Å². The van der Waals surface area contributed by atoms with Gasteiger partial charge in [0, 0.05) is 4.47 Å². The molecule has 0 aliphatic carbocycles. The van der Waals surface area contributed by atoms with Crippen molar-refractivity contribution in [3.63, 3.8) is 0 Å². The smallest absolute Gasteiger partial charge is 0.324 e. The van der Waals surface area contributed by atoms with Gasteiger partial charge in [0.2, 0.25) is 5.91 Å². The van der Waals surface area contributed by atoms with Crippen LogP contribution in [0, 0.1) is 0 Å². The van der Waals surface area contributed by atoms with Gasteiger partial charge in [0.15, 0.2) is 0 Å². The Morgan fingerprint density at radius 3 is 2.71 bits per heavy atom. The molecular formula is C14H16BrF3N2O. The molecular weight excluding hydrogens is 349 g/mol. The predicted octanol–water partition coefficient (Wildman–Crippen LogP) is 3.94. The molecule has 116 valence electrons. The van der Waals surface area contributed by atoms with Gasteiger partial charge in [-0.3, -0.25) is 4.79 Å². The molecule has 1 saturated heterocycles. The molecule has 1 aromatic carbocycles. The van der Waals surface area contributed by atoms with E-state index < -0.39 is 23.2 Å². The monoisotopic (exact) mass is 364 g/mol. The van der Waals surface area contributed by atoms with Crippen molar-refractivity contribution >= 4 is 27.5 Å². The average molecular weight is 365 g/mol. The molecule has 0 radical (unpaired) electrons. The minimum absolute atomic E-state index is 0.211. The zero-order valence-electron chi connectivity index (χ0n) is 11.5. The van der Waals surface area contributed by atoms with Gasteiger partial charge in [0.05, 0.1) is 16.8 Å².